The number of para-hydroxylation sites is 3. The standard InChI is InChI=1S/C48H30N4S/c1-3-15-32(16-4-1)51(33-17-5-2-6-18-33)34-27-29-42-40(30-34)45-35-19-8-7-14-31(35)26-28-43(45)52(42)48-49-41-24-11-9-21-38(41)46(50-48)39-23-13-22-37-36-20-10-12-25-44(36)53-47(37)39/h1-30H. The molecule has 0 atom stereocenters. The second kappa shape index (κ2) is 11.9. The third kappa shape index (κ3) is 4.68. The minimum Gasteiger partial charge on any atom is -0.310 e. The summed E-state index contributed by atoms with van der Waals surface area (Å²) in [5.41, 5.74) is 8.39. The van der Waals surface area contributed by atoms with Crippen molar-refractivity contribution in [3.63, 3.8) is 0 Å². The highest BCUT2D eigenvalue weighted by Gasteiger charge is 2.22. The van der Waals surface area contributed by atoms with Crippen LogP contribution < -0.4 is 4.90 Å². The maximum atomic E-state index is 5.52. The van der Waals surface area contributed by atoms with E-state index in [1.807, 2.05) is 11.3 Å². The van der Waals surface area contributed by atoms with Crippen LogP contribution in [0.1, 0.15) is 0 Å². The van der Waals surface area contributed by atoms with Crippen LogP contribution in [0.15, 0.2) is 182 Å². The molecular weight excluding hydrogens is 665 g/mol. The molecule has 0 bridgehead atoms. The Labute approximate surface area is 309 Å². The maximum Gasteiger partial charge on any atom is 0.235 e. The molecule has 53 heavy (non-hydrogen) atoms. The lowest BCUT2D eigenvalue weighted by Gasteiger charge is -2.25. The summed E-state index contributed by atoms with van der Waals surface area (Å²) < 4.78 is 4.78. The minimum atomic E-state index is 0.655. The van der Waals surface area contributed by atoms with Gasteiger partial charge in [-0.2, -0.15) is 0 Å². The first-order valence-corrected chi connectivity index (χ1v) is 18.7. The topological polar surface area (TPSA) is 34.0 Å². The molecule has 0 aliphatic rings. The molecular formula is C48H30N4S. The van der Waals surface area contributed by atoms with Crippen LogP contribution in [0.4, 0.5) is 17.1 Å². The molecule has 0 amide bonds. The van der Waals surface area contributed by atoms with E-state index in [-0.39, 0.29) is 0 Å². The fourth-order valence-corrected chi connectivity index (χ4v) is 9.25. The first-order chi connectivity index (χ1) is 26.3. The van der Waals surface area contributed by atoms with E-state index in [1.54, 1.807) is 0 Å². The molecule has 11 aromatic rings. The zero-order valence-electron chi connectivity index (χ0n) is 28.5. The predicted octanol–water partition coefficient (Wildman–Crippen LogP) is 13.4. The summed E-state index contributed by atoms with van der Waals surface area (Å²) in [5.74, 6) is 0.655. The summed E-state index contributed by atoms with van der Waals surface area (Å²) in [4.78, 5) is 13.1. The lowest BCUT2D eigenvalue weighted by molar-refractivity contribution is 1.01. The van der Waals surface area contributed by atoms with Crippen molar-refractivity contribution >= 4 is 92.1 Å². The zero-order valence-corrected chi connectivity index (χ0v) is 29.3. The van der Waals surface area contributed by atoms with Crippen LogP contribution in [0.5, 0.6) is 0 Å². The molecule has 4 nitrogen and oxygen atoms in total. The van der Waals surface area contributed by atoms with E-state index in [1.165, 1.54) is 36.3 Å². The van der Waals surface area contributed by atoms with Gasteiger partial charge in [-0.1, -0.05) is 121 Å². The van der Waals surface area contributed by atoms with Crippen LogP contribution in [0.3, 0.4) is 0 Å². The van der Waals surface area contributed by atoms with Crippen molar-refractivity contribution in [2.24, 2.45) is 0 Å². The van der Waals surface area contributed by atoms with Crippen molar-refractivity contribution in [1.29, 1.82) is 0 Å². The number of rotatable bonds is 5. The average molecular weight is 695 g/mol. The minimum absolute atomic E-state index is 0.655. The fourth-order valence-electron chi connectivity index (χ4n) is 8.04. The summed E-state index contributed by atoms with van der Waals surface area (Å²) in [5, 5.41) is 8.30. The van der Waals surface area contributed by atoms with Gasteiger partial charge in [-0.25, -0.2) is 9.97 Å². The molecule has 0 saturated heterocycles. The van der Waals surface area contributed by atoms with Crippen LogP contribution in [0.25, 0.3) is 80.9 Å². The highest BCUT2D eigenvalue weighted by molar-refractivity contribution is 7.26. The Morgan fingerprint density at radius 1 is 0.453 bits per heavy atom. The van der Waals surface area contributed by atoms with Crippen molar-refractivity contribution in [1.82, 2.24) is 14.5 Å². The Morgan fingerprint density at radius 3 is 1.92 bits per heavy atom. The van der Waals surface area contributed by atoms with E-state index in [0.29, 0.717) is 5.95 Å². The summed E-state index contributed by atoms with van der Waals surface area (Å²) in [6.45, 7) is 0. The SMILES string of the molecule is c1ccc(N(c2ccccc2)c2ccc3c(c2)c2c4ccccc4ccc2n3-c2nc(-c3cccc4c3sc3ccccc34)c3ccccc3n2)cc1. The Kier molecular flexibility index (Phi) is 6.69. The molecule has 5 heteroatoms. The van der Waals surface area contributed by atoms with Gasteiger partial charge in [0.1, 0.15) is 0 Å². The Bertz CT molecular complexity index is 3140. The second-order valence-electron chi connectivity index (χ2n) is 13.4. The number of anilines is 3. The van der Waals surface area contributed by atoms with E-state index in [0.717, 1.165) is 55.6 Å². The van der Waals surface area contributed by atoms with Gasteiger partial charge in [-0.05, 0) is 71.4 Å². The summed E-state index contributed by atoms with van der Waals surface area (Å²) in [6.07, 6.45) is 0. The molecule has 0 N–H and O–H groups in total. The molecule has 0 unspecified atom stereocenters. The number of nitrogens with zero attached hydrogens (tertiary/aromatic N) is 4. The molecule has 3 aromatic heterocycles. The molecule has 11 rings (SSSR count). The number of hydrogen-bond donors (Lipinski definition) is 0. The molecule has 0 saturated carbocycles. The van der Waals surface area contributed by atoms with Gasteiger partial charge >= 0.3 is 0 Å². The third-order valence-electron chi connectivity index (χ3n) is 10.4. The first-order valence-electron chi connectivity index (χ1n) is 17.8. The van der Waals surface area contributed by atoms with Crippen molar-refractivity contribution in [2.45, 2.75) is 0 Å². The van der Waals surface area contributed by atoms with Crippen LogP contribution in [-0.2, 0) is 0 Å². The van der Waals surface area contributed by atoms with Crippen molar-refractivity contribution in [2.75, 3.05) is 4.90 Å². The Balaban J connectivity index is 1.21. The lowest BCUT2D eigenvalue weighted by Crippen LogP contribution is -2.09. The molecule has 0 spiro atoms. The molecule has 0 fully saturated rings. The number of thiophene rings is 1. The molecule has 0 aliphatic heterocycles. The third-order valence-corrected chi connectivity index (χ3v) is 11.6. The van der Waals surface area contributed by atoms with E-state index in [9.17, 15) is 0 Å². The van der Waals surface area contributed by atoms with Crippen LogP contribution in [0, 0.1) is 0 Å². The normalized spacial score (nSPS) is 11.8. The summed E-state index contributed by atoms with van der Waals surface area (Å²) in [6, 6.07) is 64.7. The first kappa shape index (κ1) is 29.9. The second-order valence-corrected chi connectivity index (χ2v) is 14.4. The largest absolute Gasteiger partial charge is 0.310 e. The van der Waals surface area contributed by atoms with Crippen LogP contribution in [-0.4, -0.2) is 14.5 Å². The molecule has 0 radical (unpaired) electrons. The van der Waals surface area contributed by atoms with E-state index < -0.39 is 0 Å². The van der Waals surface area contributed by atoms with Gasteiger partial charge in [0.25, 0.3) is 0 Å². The van der Waals surface area contributed by atoms with Gasteiger partial charge in [0.15, 0.2) is 0 Å². The van der Waals surface area contributed by atoms with Crippen molar-refractivity contribution < 1.29 is 0 Å². The molecule has 8 aromatic carbocycles. The number of fused-ring (bicyclic) bond motifs is 9. The molecule has 248 valence electrons. The number of benzene rings is 8. The lowest BCUT2D eigenvalue weighted by atomic mass is 10.0. The van der Waals surface area contributed by atoms with Gasteiger partial charge in [0.2, 0.25) is 5.95 Å². The zero-order chi connectivity index (χ0) is 34.9. The highest BCUT2D eigenvalue weighted by atomic mass is 32.1. The number of hydrogen-bond acceptors (Lipinski definition) is 4. The van der Waals surface area contributed by atoms with Crippen molar-refractivity contribution in [3.8, 4) is 17.2 Å². The van der Waals surface area contributed by atoms with E-state index in [2.05, 4.69) is 191 Å². The highest BCUT2D eigenvalue weighted by Crippen LogP contribution is 2.44. The van der Waals surface area contributed by atoms with Gasteiger partial charge in [0.05, 0.1) is 22.2 Å². The Hall–Kier alpha value is -6.82. The number of aromatic nitrogens is 3. The van der Waals surface area contributed by atoms with E-state index >= 15 is 0 Å². The van der Waals surface area contributed by atoms with Gasteiger partial charge < -0.3 is 4.90 Å². The smallest absolute Gasteiger partial charge is 0.235 e. The van der Waals surface area contributed by atoms with Gasteiger partial charge in [-0.3, -0.25) is 4.57 Å². The van der Waals surface area contributed by atoms with Crippen molar-refractivity contribution in [3.05, 3.63) is 182 Å². The predicted molar refractivity (Wildman–Crippen MR) is 224 cm³/mol. The van der Waals surface area contributed by atoms with Crippen LogP contribution >= 0.6 is 11.3 Å². The van der Waals surface area contributed by atoms with Crippen LogP contribution in [0.2, 0.25) is 0 Å². The van der Waals surface area contributed by atoms with Gasteiger partial charge in [-0.15, -0.1) is 11.3 Å². The summed E-state index contributed by atoms with van der Waals surface area (Å²) >= 11 is 1.83. The maximum absolute atomic E-state index is 5.52. The monoisotopic (exact) mass is 694 g/mol. The molecule has 0 aliphatic carbocycles. The van der Waals surface area contributed by atoms with Gasteiger partial charge in [0, 0.05) is 59.0 Å². The Morgan fingerprint density at radius 2 is 1.11 bits per heavy atom. The summed E-state index contributed by atoms with van der Waals surface area (Å²) in [7, 11) is 0. The average Bonchev–Trinajstić information content (AvgIpc) is 3.77. The van der Waals surface area contributed by atoms with E-state index in [4.69, 9.17) is 9.97 Å². The fraction of sp³-hybridized carbons (Fsp3) is 0. The molecule has 3 heterocycles. The quantitative estimate of drug-likeness (QED) is 0.180.